The molecule has 0 saturated heterocycles. The molecule has 0 aliphatic carbocycles. The number of carboxylic acids is 1. The summed E-state index contributed by atoms with van der Waals surface area (Å²) < 4.78 is 4.54. The first-order chi connectivity index (χ1) is 8.45. The number of hydrogen-bond donors (Lipinski definition) is 2. The lowest BCUT2D eigenvalue weighted by Gasteiger charge is -2.04. The summed E-state index contributed by atoms with van der Waals surface area (Å²) in [5, 5.41) is 27.8. The minimum absolute atomic E-state index is 0.255. The van der Waals surface area contributed by atoms with Crippen LogP contribution in [-0.4, -0.2) is 40.3 Å². The van der Waals surface area contributed by atoms with Gasteiger partial charge in [-0.1, -0.05) is 0 Å². The van der Waals surface area contributed by atoms with Gasteiger partial charge in [0.1, 0.15) is 6.61 Å². The monoisotopic (exact) mass is 255 g/mol. The molecule has 0 radical (unpaired) electrons. The van der Waals surface area contributed by atoms with Crippen molar-refractivity contribution in [3.05, 3.63) is 39.4 Å². The molecule has 0 unspecified atom stereocenters. The topological polar surface area (TPSA) is 127 Å². The molecule has 1 aromatic rings. The van der Waals surface area contributed by atoms with Crippen LogP contribution in [0.3, 0.4) is 0 Å². The smallest absolute Gasteiger partial charge is 0.338 e. The number of non-ortho nitro benzene ring substituents is 1. The molecule has 0 fully saturated rings. The second-order valence-electron chi connectivity index (χ2n) is 3.19. The van der Waals surface area contributed by atoms with Crippen molar-refractivity contribution >= 4 is 17.6 Å². The second kappa shape index (κ2) is 5.73. The molecule has 0 heterocycles. The number of nitro benzene ring substituents is 1. The highest BCUT2D eigenvalue weighted by atomic mass is 16.6. The van der Waals surface area contributed by atoms with Gasteiger partial charge in [0, 0.05) is 12.1 Å². The fourth-order valence-corrected chi connectivity index (χ4v) is 1.18. The molecular weight excluding hydrogens is 246 g/mol. The van der Waals surface area contributed by atoms with Gasteiger partial charge in [0.2, 0.25) is 0 Å². The summed E-state index contributed by atoms with van der Waals surface area (Å²) in [4.78, 5) is 31.9. The Hall–Kier alpha value is -2.48. The van der Waals surface area contributed by atoms with Crippen molar-refractivity contribution in [1.82, 2.24) is 0 Å². The minimum Gasteiger partial charge on any atom is -0.478 e. The average molecular weight is 255 g/mol. The molecule has 0 aliphatic heterocycles. The molecule has 0 spiro atoms. The van der Waals surface area contributed by atoms with Gasteiger partial charge in [-0.05, 0) is 6.07 Å². The van der Waals surface area contributed by atoms with E-state index in [4.69, 9.17) is 10.2 Å². The molecule has 0 aliphatic rings. The quantitative estimate of drug-likeness (QED) is 0.444. The fourth-order valence-electron chi connectivity index (χ4n) is 1.18. The first-order valence-corrected chi connectivity index (χ1v) is 4.76. The van der Waals surface area contributed by atoms with E-state index >= 15 is 0 Å². The number of ether oxygens (including phenoxy) is 1. The van der Waals surface area contributed by atoms with Crippen LogP contribution in [0, 0.1) is 10.1 Å². The van der Waals surface area contributed by atoms with Gasteiger partial charge in [-0.25, -0.2) is 9.59 Å². The van der Waals surface area contributed by atoms with Gasteiger partial charge in [-0.2, -0.15) is 0 Å². The number of hydrogen-bond acceptors (Lipinski definition) is 6. The molecule has 1 aromatic carbocycles. The normalized spacial score (nSPS) is 9.83. The summed E-state index contributed by atoms with van der Waals surface area (Å²) in [6.45, 7) is -0.670. The third-order valence-electron chi connectivity index (χ3n) is 1.94. The maximum Gasteiger partial charge on any atom is 0.338 e. The maximum atomic E-state index is 11.4. The summed E-state index contributed by atoms with van der Waals surface area (Å²) >= 11 is 0. The van der Waals surface area contributed by atoms with E-state index in [1.165, 1.54) is 0 Å². The van der Waals surface area contributed by atoms with Gasteiger partial charge in [0.05, 0.1) is 22.7 Å². The van der Waals surface area contributed by atoms with Crippen molar-refractivity contribution in [3.63, 3.8) is 0 Å². The third-order valence-corrected chi connectivity index (χ3v) is 1.94. The van der Waals surface area contributed by atoms with Crippen LogP contribution in [0.25, 0.3) is 0 Å². The van der Waals surface area contributed by atoms with Crippen molar-refractivity contribution in [1.29, 1.82) is 0 Å². The summed E-state index contributed by atoms with van der Waals surface area (Å²) in [5.41, 5.74) is -1.17. The lowest BCUT2D eigenvalue weighted by molar-refractivity contribution is -0.384. The second-order valence-corrected chi connectivity index (χ2v) is 3.19. The highest BCUT2D eigenvalue weighted by Gasteiger charge is 2.18. The minimum atomic E-state index is -1.39. The first kappa shape index (κ1) is 13.6. The Bertz CT molecular complexity index is 465. The van der Waals surface area contributed by atoms with E-state index in [1.54, 1.807) is 0 Å². The summed E-state index contributed by atoms with van der Waals surface area (Å²) in [7, 11) is 0. The van der Waals surface area contributed by atoms with Crippen molar-refractivity contribution in [2.75, 3.05) is 13.2 Å². The number of benzene rings is 1. The van der Waals surface area contributed by atoms with E-state index < -0.39 is 29.2 Å². The first-order valence-electron chi connectivity index (χ1n) is 4.76. The van der Waals surface area contributed by atoms with Gasteiger partial charge in [0.25, 0.3) is 5.69 Å². The van der Waals surface area contributed by atoms with Crippen LogP contribution < -0.4 is 0 Å². The molecule has 1 rings (SSSR count). The van der Waals surface area contributed by atoms with Crippen molar-refractivity contribution in [2.24, 2.45) is 0 Å². The van der Waals surface area contributed by atoms with E-state index in [0.29, 0.717) is 0 Å². The molecule has 18 heavy (non-hydrogen) atoms. The Morgan fingerprint density at radius 1 is 1.28 bits per heavy atom. The highest BCUT2D eigenvalue weighted by Crippen LogP contribution is 2.18. The molecule has 2 N–H and O–H groups in total. The summed E-state index contributed by atoms with van der Waals surface area (Å²) in [6, 6.07) is 2.71. The Balaban J connectivity index is 3.14. The van der Waals surface area contributed by atoms with Crippen LogP contribution in [0.15, 0.2) is 18.2 Å². The third kappa shape index (κ3) is 3.25. The molecule has 0 amide bonds. The van der Waals surface area contributed by atoms with Crippen molar-refractivity contribution < 1.29 is 29.5 Å². The number of nitrogens with zero attached hydrogens (tertiary/aromatic N) is 1. The molecule has 96 valence electrons. The lowest BCUT2D eigenvalue weighted by atomic mass is 10.1. The van der Waals surface area contributed by atoms with Crippen LogP contribution in [-0.2, 0) is 4.74 Å². The van der Waals surface area contributed by atoms with Gasteiger partial charge in [-0.15, -0.1) is 0 Å². The number of aromatic carboxylic acids is 1. The molecule has 8 heteroatoms. The number of nitro groups is 1. The van der Waals surface area contributed by atoms with Crippen molar-refractivity contribution in [3.8, 4) is 0 Å². The Labute approximate surface area is 101 Å². The molecule has 0 bridgehead atoms. The number of carboxylic acid groups (broad SMARTS) is 1. The molecule has 0 saturated carbocycles. The Morgan fingerprint density at radius 2 is 1.89 bits per heavy atom. The van der Waals surface area contributed by atoms with E-state index in [-0.39, 0.29) is 17.7 Å². The Kier molecular flexibility index (Phi) is 4.33. The number of carbonyl (C=O) groups is 2. The predicted octanol–water partition coefficient (Wildman–Crippen LogP) is 0.442. The van der Waals surface area contributed by atoms with Gasteiger partial charge in [0.15, 0.2) is 0 Å². The fraction of sp³-hybridized carbons (Fsp3) is 0.200. The molecular formula is C10H9NO7. The van der Waals surface area contributed by atoms with E-state index in [0.717, 1.165) is 18.2 Å². The number of rotatable bonds is 5. The molecule has 8 nitrogen and oxygen atoms in total. The maximum absolute atomic E-state index is 11.4. The average Bonchev–Trinajstić information content (AvgIpc) is 2.35. The summed E-state index contributed by atoms with van der Waals surface area (Å²) in [5.74, 6) is -2.33. The van der Waals surface area contributed by atoms with Crippen LogP contribution in [0.5, 0.6) is 0 Å². The molecule has 0 atom stereocenters. The van der Waals surface area contributed by atoms with Crippen LogP contribution in [0.4, 0.5) is 5.69 Å². The zero-order valence-corrected chi connectivity index (χ0v) is 9.03. The molecule has 0 aromatic heterocycles. The lowest BCUT2D eigenvalue weighted by Crippen LogP contribution is -2.10. The number of aliphatic hydroxyl groups is 1. The van der Waals surface area contributed by atoms with Crippen molar-refractivity contribution in [2.45, 2.75) is 0 Å². The predicted molar refractivity (Wildman–Crippen MR) is 57.4 cm³/mol. The van der Waals surface area contributed by atoms with Gasteiger partial charge in [-0.3, -0.25) is 10.1 Å². The Morgan fingerprint density at radius 3 is 2.39 bits per heavy atom. The van der Waals surface area contributed by atoms with E-state index in [1.807, 2.05) is 0 Å². The van der Waals surface area contributed by atoms with Gasteiger partial charge < -0.3 is 14.9 Å². The number of carbonyl (C=O) groups excluding carboxylic acids is 1. The van der Waals surface area contributed by atoms with Crippen LogP contribution in [0.2, 0.25) is 0 Å². The zero-order valence-electron chi connectivity index (χ0n) is 9.03. The highest BCUT2D eigenvalue weighted by molar-refractivity contribution is 5.95. The van der Waals surface area contributed by atoms with Crippen LogP contribution >= 0.6 is 0 Å². The SMILES string of the molecule is O=C(O)c1cc(C(=O)OCCO)cc([N+](=O)[O-])c1. The number of esters is 1. The largest absolute Gasteiger partial charge is 0.478 e. The van der Waals surface area contributed by atoms with Crippen LogP contribution in [0.1, 0.15) is 20.7 Å². The standard InChI is InChI=1S/C10H9NO7/c12-1-2-18-10(15)7-3-6(9(13)14)4-8(5-7)11(16)17/h3-5,12H,1-2H2,(H,13,14). The van der Waals surface area contributed by atoms with E-state index in [9.17, 15) is 19.7 Å². The summed E-state index contributed by atoms with van der Waals surface area (Å²) in [6.07, 6.45) is 0. The number of aliphatic hydroxyl groups excluding tert-OH is 1. The van der Waals surface area contributed by atoms with E-state index in [2.05, 4.69) is 4.74 Å². The van der Waals surface area contributed by atoms with Gasteiger partial charge >= 0.3 is 11.9 Å². The zero-order chi connectivity index (χ0) is 13.7.